The summed E-state index contributed by atoms with van der Waals surface area (Å²) < 4.78 is 6.18. The predicted octanol–water partition coefficient (Wildman–Crippen LogP) is 17.6. The molecule has 3 saturated carbocycles. The fourth-order valence-corrected chi connectivity index (χ4v) is 13.5. The molecule has 4 aliphatic carbocycles. The van der Waals surface area contributed by atoms with Gasteiger partial charge in [0.2, 0.25) is 0 Å². The molecule has 0 aliphatic heterocycles. The minimum absolute atomic E-state index is 0.0688. The Hall–Kier alpha value is -0.790. The van der Waals surface area contributed by atoms with E-state index in [9.17, 15) is 4.79 Å². The summed E-state index contributed by atoms with van der Waals surface area (Å²) >= 11 is 0. The third kappa shape index (κ3) is 14.4. The molecule has 4 rings (SSSR count). The zero-order valence-electron chi connectivity index (χ0n) is 39.1. The van der Waals surface area contributed by atoms with Crippen LogP contribution in [0.3, 0.4) is 0 Å². The number of carbonyl (C=O) groups excluding carboxylic acids is 1. The Morgan fingerprint density at radius 1 is 0.661 bits per heavy atom. The van der Waals surface area contributed by atoms with Crippen molar-refractivity contribution in [3.05, 3.63) is 11.6 Å². The largest absolute Gasteiger partial charge is 0.462 e. The zero-order chi connectivity index (χ0) is 40.2. The van der Waals surface area contributed by atoms with Gasteiger partial charge in [-0.05, 0) is 110 Å². The van der Waals surface area contributed by atoms with Crippen LogP contribution in [0.25, 0.3) is 0 Å². The second kappa shape index (κ2) is 25.7. The van der Waals surface area contributed by atoms with Gasteiger partial charge in [0.15, 0.2) is 0 Å². The third-order valence-corrected chi connectivity index (χ3v) is 17.3. The molecule has 9 unspecified atom stereocenters. The Bertz CT molecular complexity index is 1090. The zero-order valence-corrected chi connectivity index (χ0v) is 39.1. The van der Waals surface area contributed by atoms with E-state index in [0.29, 0.717) is 17.3 Å². The van der Waals surface area contributed by atoms with Crippen LogP contribution in [0.4, 0.5) is 0 Å². The van der Waals surface area contributed by atoms with Crippen LogP contribution < -0.4 is 0 Å². The fraction of sp³-hybridized carbons (Fsp3) is 0.944. The van der Waals surface area contributed by atoms with Gasteiger partial charge in [0.25, 0.3) is 0 Å². The topological polar surface area (TPSA) is 26.3 Å². The summed E-state index contributed by atoms with van der Waals surface area (Å²) in [5.41, 5.74) is 2.52. The minimum Gasteiger partial charge on any atom is -0.462 e. The van der Waals surface area contributed by atoms with Gasteiger partial charge in [-0.15, -0.1) is 0 Å². The minimum atomic E-state index is 0.0688. The fourth-order valence-electron chi connectivity index (χ4n) is 13.5. The van der Waals surface area contributed by atoms with Crippen molar-refractivity contribution in [2.45, 2.75) is 273 Å². The number of hydrogen-bond acceptors (Lipinski definition) is 2. The molecule has 0 aromatic rings. The van der Waals surface area contributed by atoms with Crippen LogP contribution in [0.1, 0.15) is 267 Å². The first-order valence-corrected chi connectivity index (χ1v) is 26.0. The first-order valence-electron chi connectivity index (χ1n) is 26.0. The smallest absolute Gasteiger partial charge is 0.306 e. The Labute approximate surface area is 351 Å². The molecular weight excluding hydrogens is 681 g/mol. The highest BCUT2D eigenvalue weighted by Crippen LogP contribution is 2.67. The number of hydrogen-bond donors (Lipinski definition) is 0. The molecule has 56 heavy (non-hydrogen) atoms. The van der Waals surface area contributed by atoms with E-state index in [2.05, 4.69) is 54.5 Å². The molecular formula is C54H98O2. The van der Waals surface area contributed by atoms with Crippen LogP contribution in [0.2, 0.25) is 0 Å². The van der Waals surface area contributed by atoms with Gasteiger partial charge in [-0.2, -0.15) is 0 Å². The highest BCUT2D eigenvalue weighted by atomic mass is 16.5. The number of ether oxygens (including phenoxy) is 1. The Morgan fingerprint density at radius 2 is 1.20 bits per heavy atom. The van der Waals surface area contributed by atoms with Crippen LogP contribution in [0, 0.1) is 52.3 Å². The lowest BCUT2D eigenvalue weighted by molar-refractivity contribution is -0.151. The summed E-state index contributed by atoms with van der Waals surface area (Å²) in [7, 11) is 0. The van der Waals surface area contributed by atoms with Gasteiger partial charge in [-0.1, -0.05) is 208 Å². The number of unbranched alkanes of at least 4 members (excludes halogenated alkanes) is 21. The highest BCUT2D eigenvalue weighted by Gasteiger charge is 2.59. The average Bonchev–Trinajstić information content (AvgIpc) is 3.54. The number of esters is 1. The molecule has 3 fully saturated rings. The summed E-state index contributed by atoms with van der Waals surface area (Å²) in [4.78, 5) is 12.9. The van der Waals surface area contributed by atoms with Gasteiger partial charge < -0.3 is 4.74 Å². The summed E-state index contributed by atoms with van der Waals surface area (Å²) in [6, 6.07) is 0. The van der Waals surface area contributed by atoms with Gasteiger partial charge >= 0.3 is 5.97 Å². The highest BCUT2D eigenvalue weighted by molar-refractivity contribution is 5.69. The molecule has 0 heterocycles. The molecule has 4 aliphatic rings. The Kier molecular flexibility index (Phi) is 22.0. The van der Waals surface area contributed by atoms with E-state index in [1.165, 1.54) is 193 Å². The van der Waals surface area contributed by atoms with Gasteiger partial charge in [0.1, 0.15) is 6.10 Å². The van der Waals surface area contributed by atoms with Crippen molar-refractivity contribution in [1.82, 2.24) is 0 Å². The van der Waals surface area contributed by atoms with E-state index in [4.69, 9.17) is 4.74 Å². The molecule has 0 aromatic heterocycles. The average molecular weight is 779 g/mol. The van der Waals surface area contributed by atoms with Crippen molar-refractivity contribution in [3.63, 3.8) is 0 Å². The van der Waals surface area contributed by atoms with E-state index in [-0.39, 0.29) is 12.1 Å². The van der Waals surface area contributed by atoms with Crippen LogP contribution in [0.5, 0.6) is 0 Å². The van der Waals surface area contributed by atoms with Crippen molar-refractivity contribution in [2.75, 3.05) is 0 Å². The van der Waals surface area contributed by atoms with Crippen LogP contribution in [-0.4, -0.2) is 12.1 Å². The van der Waals surface area contributed by atoms with E-state index in [0.717, 1.165) is 60.7 Å². The molecule has 0 radical (unpaired) electrons. The van der Waals surface area contributed by atoms with Crippen LogP contribution in [-0.2, 0) is 9.53 Å². The van der Waals surface area contributed by atoms with Gasteiger partial charge in [-0.25, -0.2) is 0 Å². The molecule has 326 valence electrons. The second-order valence-electron chi connectivity index (χ2n) is 21.5. The quantitative estimate of drug-likeness (QED) is 0.0412. The summed E-state index contributed by atoms with van der Waals surface area (Å²) in [6.07, 6.45) is 48.7. The predicted molar refractivity (Wildman–Crippen MR) is 244 cm³/mol. The maximum Gasteiger partial charge on any atom is 0.306 e. The van der Waals surface area contributed by atoms with Gasteiger partial charge in [0, 0.05) is 12.8 Å². The molecule has 2 nitrogen and oxygen atoms in total. The van der Waals surface area contributed by atoms with E-state index < -0.39 is 0 Å². The number of rotatable bonds is 30. The van der Waals surface area contributed by atoms with E-state index in [1.54, 1.807) is 5.57 Å². The van der Waals surface area contributed by atoms with E-state index in [1.807, 2.05) is 0 Å². The maximum absolute atomic E-state index is 12.9. The van der Waals surface area contributed by atoms with Gasteiger partial charge in [0.05, 0.1) is 0 Å². The lowest BCUT2D eigenvalue weighted by Crippen LogP contribution is -2.51. The van der Waals surface area contributed by atoms with Crippen molar-refractivity contribution in [2.24, 2.45) is 52.3 Å². The molecule has 0 aromatic carbocycles. The van der Waals surface area contributed by atoms with Gasteiger partial charge in [-0.3, -0.25) is 4.79 Å². The van der Waals surface area contributed by atoms with E-state index >= 15 is 0 Å². The normalized spacial score (nSPS) is 29.7. The molecule has 0 saturated heterocycles. The molecule has 0 N–H and O–H groups in total. The monoisotopic (exact) mass is 779 g/mol. The SMILES string of the molecule is CCCCCCCCCCCCCCCCCCCCCCCCC(=O)OC1CCC2(C)C(=CCC3C2CCC2(C)C(C(C)CCC(CC)C(C)C)CCC32)C1. The molecule has 0 amide bonds. The standard InChI is InChI=1S/C54H98O2/c1-8-10-11-12-13-14-15-16-17-18-19-20-21-22-23-24-25-26-27-28-29-30-31-52(55)56-47-38-40-53(6)46(42-47)34-35-48-50-37-36-49(54(50,7)41-39-51(48)53)44(5)32-33-45(9-2)43(3)4/h34,43-45,47-51H,8-33,35-42H2,1-7H3. The van der Waals surface area contributed by atoms with Crippen LogP contribution in [0.15, 0.2) is 11.6 Å². The Balaban J connectivity index is 1.01. The molecule has 9 atom stereocenters. The van der Waals surface area contributed by atoms with Crippen molar-refractivity contribution < 1.29 is 9.53 Å². The molecule has 0 bridgehead atoms. The molecule has 0 spiro atoms. The summed E-state index contributed by atoms with van der Waals surface area (Å²) in [6.45, 7) is 17.5. The summed E-state index contributed by atoms with van der Waals surface area (Å²) in [5.74, 6) is 6.17. The summed E-state index contributed by atoms with van der Waals surface area (Å²) in [5, 5.41) is 0. The Morgan fingerprint density at radius 3 is 1.71 bits per heavy atom. The lowest BCUT2D eigenvalue weighted by atomic mass is 9.47. The third-order valence-electron chi connectivity index (χ3n) is 17.3. The number of carbonyl (C=O) groups is 1. The van der Waals surface area contributed by atoms with Crippen molar-refractivity contribution in [3.8, 4) is 0 Å². The second-order valence-corrected chi connectivity index (χ2v) is 21.5. The first-order chi connectivity index (χ1) is 27.1. The van der Waals surface area contributed by atoms with Crippen molar-refractivity contribution >= 4 is 5.97 Å². The van der Waals surface area contributed by atoms with Crippen molar-refractivity contribution in [1.29, 1.82) is 0 Å². The first kappa shape index (κ1) is 47.9. The molecule has 2 heteroatoms. The lowest BCUT2D eigenvalue weighted by Gasteiger charge is -2.58. The number of allylic oxidation sites excluding steroid dienone is 1. The maximum atomic E-state index is 12.9. The number of fused-ring (bicyclic) bond motifs is 5. The van der Waals surface area contributed by atoms with Crippen LogP contribution >= 0.6 is 0 Å².